The highest BCUT2D eigenvalue weighted by Crippen LogP contribution is 2.31. The number of hydrogen-bond donors (Lipinski definition) is 0. The molecule has 20 heavy (non-hydrogen) atoms. The molecule has 0 heterocycles. The van der Waals surface area contributed by atoms with Gasteiger partial charge in [-0.15, -0.1) is 17.0 Å². The van der Waals surface area contributed by atoms with Crippen LogP contribution in [-0.2, 0) is 0 Å². The lowest BCUT2D eigenvalue weighted by Gasteiger charge is -2.18. The molecule has 0 unspecified atom stereocenters. The van der Waals surface area contributed by atoms with Crippen molar-refractivity contribution in [2.75, 3.05) is 0 Å². The van der Waals surface area contributed by atoms with Gasteiger partial charge < -0.3 is 0 Å². The Labute approximate surface area is 130 Å². The average Bonchev–Trinajstić information content (AvgIpc) is 2.51. The quantitative estimate of drug-likeness (QED) is 0.562. The van der Waals surface area contributed by atoms with E-state index in [-0.39, 0.29) is 17.0 Å². The Morgan fingerprint density at radius 1 is 0.400 bits per heavy atom. The summed E-state index contributed by atoms with van der Waals surface area (Å²) in [6, 6.07) is 32.0. The molecule has 0 aliphatic carbocycles. The molecule has 100 valence electrons. The standard InChI is InChI=1S/C19H16.BrH/c1-4-10-16(11-5-1)19(17-12-6-2-7-13-17)18-14-8-3-9-15-18;/h1-15,19H;1H. The molecule has 0 atom stereocenters. The van der Waals surface area contributed by atoms with Crippen molar-refractivity contribution in [3.8, 4) is 0 Å². The first-order valence-corrected chi connectivity index (χ1v) is 6.60. The third-order valence-corrected chi connectivity index (χ3v) is 3.40. The summed E-state index contributed by atoms with van der Waals surface area (Å²) in [4.78, 5) is 0. The molecular weight excluding hydrogens is 308 g/mol. The number of halogens is 1. The molecule has 3 aromatic rings. The van der Waals surface area contributed by atoms with Gasteiger partial charge >= 0.3 is 0 Å². The number of benzene rings is 3. The van der Waals surface area contributed by atoms with Gasteiger partial charge in [-0.2, -0.15) is 0 Å². The van der Waals surface area contributed by atoms with E-state index in [1.165, 1.54) is 16.7 Å². The first-order valence-electron chi connectivity index (χ1n) is 6.60. The van der Waals surface area contributed by atoms with Gasteiger partial charge in [0, 0.05) is 5.92 Å². The van der Waals surface area contributed by atoms with Crippen LogP contribution >= 0.6 is 17.0 Å². The predicted molar refractivity (Wildman–Crippen MR) is 90.6 cm³/mol. The van der Waals surface area contributed by atoms with Gasteiger partial charge in [0.05, 0.1) is 0 Å². The molecule has 0 N–H and O–H groups in total. The largest absolute Gasteiger partial charge is 0.114 e. The van der Waals surface area contributed by atoms with Crippen molar-refractivity contribution in [1.29, 1.82) is 0 Å². The highest BCUT2D eigenvalue weighted by molar-refractivity contribution is 8.93. The monoisotopic (exact) mass is 324 g/mol. The zero-order valence-electron chi connectivity index (χ0n) is 11.1. The van der Waals surface area contributed by atoms with Crippen LogP contribution in [0.15, 0.2) is 91.0 Å². The van der Waals surface area contributed by atoms with Crippen LogP contribution in [-0.4, -0.2) is 0 Å². The Kier molecular flexibility index (Phi) is 5.14. The van der Waals surface area contributed by atoms with E-state index in [2.05, 4.69) is 91.0 Å². The fraction of sp³-hybridized carbons (Fsp3) is 0.0526. The minimum atomic E-state index is 0. The summed E-state index contributed by atoms with van der Waals surface area (Å²) < 4.78 is 0. The molecule has 0 aromatic heterocycles. The van der Waals surface area contributed by atoms with Gasteiger partial charge in [0.25, 0.3) is 0 Å². The van der Waals surface area contributed by atoms with E-state index in [9.17, 15) is 0 Å². The lowest BCUT2D eigenvalue weighted by molar-refractivity contribution is 0.977. The van der Waals surface area contributed by atoms with E-state index in [4.69, 9.17) is 0 Å². The Hall–Kier alpha value is -1.86. The highest BCUT2D eigenvalue weighted by Gasteiger charge is 2.15. The summed E-state index contributed by atoms with van der Waals surface area (Å²) in [6.07, 6.45) is 0. The van der Waals surface area contributed by atoms with E-state index in [1.54, 1.807) is 0 Å². The van der Waals surface area contributed by atoms with Gasteiger partial charge in [0.1, 0.15) is 0 Å². The smallest absolute Gasteiger partial charge is 0.0339 e. The van der Waals surface area contributed by atoms with Gasteiger partial charge in [-0.05, 0) is 16.7 Å². The second-order valence-corrected chi connectivity index (χ2v) is 4.67. The highest BCUT2D eigenvalue weighted by atomic mass is 79.9. The van der Waals surface area contributed by atoms with Crippen LogP contribution < -0.4 is 0 Å². The van der Waals surface area contributed by atoms with Crippen molar-refractivity contribution in [2.45, 2.75) is 5.92 Å². The van der Waals surface area contributed by atoms with Crippen LogP contribution in [0.1, 0.15) is 22.6 Å². The minimum absolute atomic E-state index is 0. The van der Waals surface area contributed by atoms with Crippen LogP contribution in [0.2, 0.25) is 0 Å². The Morgan fingerprint density at radius 2 is 0.650 bits per heavy atom. The molecule has 0 bridgehead atoms. The van der Waals surface area contributed by atoms with Crippen LogP contribution in [0.5, 0.6) is 0 Å². The molecule has 0 amide bonds. The summed E-state index contributed by atoms with van der Waals surface area (Å²) in [5, 5.41) is 0. The molecule has 0 aliphatic rings. The zero-order valence-corrected chi connectivity index (χ0v) is 12.9. The second-order valence-electron chi connectivity index (χ2n) is 4.67. The van der Waals surface area contributed by atoms with Crippen molar-refractivity contribution < 1.29 is 0 Å². The molecular formula is C19H17Br. The van der Waals surface area contributed by atoms with Crippen molar-refractivity contribution in [1.82, 2.24) is 0 Å². The van der Waals surface area contributed by atoms with Crippen molar-refractivity contribution in [2.24, 2.45) is 0 Å². The minimum Gasteiger partial charge on any atom is -0.114 e. The maximum Gasteiger partial charge on any atom is 0.0339 e. The van der Waals surface area contributed by atoms with E-state index in [1.807, 2.05) is 0 Å². The lowest BCUT2D eigenvalue weighted by atomic mass is 9.85. The molecule has 0 nitrogen and oxygen atoms in total. The van der Waals surface area contributed by atoms with Gasteiger partial charge in [-0.25, -0.2) is 0 Å². The first-order chi connectivity index (χ1) is 9.45. The number of hydrogen-bond acceptors (Lipinski definition) is 0. The maximum absolute atomic E-state index is 2.20. The molecule has 0 spiro atoms. The molecule has 0 aliphatic heterocycles. The van der Waals surface area contributed by atoms with Crippen LogP contribution in [0.4, 0.5) is 0 Å². The van der Waals surface area contributed by atoms with E-state index >= 15 is 0 Å². The summed E-state index contributed by atoms with van der Waals surface area (Å²) >= 11 is 0. The topological polar surface area (TPSA) is 0 Å². The first kappa shape index (κ1) is 14.5. The lowest BCUT2D eigenvalue weighted by Crippen LogP contribution is -2.02. The summed E-state index contributed by atoms with van der Waals surface area (Å²) in [7, 11) is 0. The van der Waals surface area contributed by atoms with Crippen molar-refractivity contribution >= 4 is 17.0 Å². The van der Waals surface area contributed by atoms with E-state index in [0.717, 1.165) is 0 Å². The molecule has 1 heteroatoms. The molecule has 0 saturated carbocycles. The van der Waals surface area contributed by atoms with E-state index in [0.29, 0.717) is 5.92 Å². The Balaban J connectivity index is 0.00000147. The fourth-order valence-electron chi connectivity index (χ4n) is 2.51. The van der Waals surface area contributed by atoms with E-state index < -0.39 is 0 Å². The third kappa shape index (κ3) is 3.17. The summed E-state index contributed by atoms with van der Waals surface area (Å²) in [6.45, 7) is 0. The molecule has 0 saturated heterocycles. The average molecular weight is 325 g/mol. The van der Waals surface area contributed by atoms with Crippen LogP contribution in [0, 0.1) is 0 Å². The molecule has 0 radical (unpaired) electrons. The maximum atomic E-state index is 2.20. The van der Waals surface area contributed by atoms with Crippen LogP contribution in [0.3, 0.4) is 0 Å². The Bertz CT molecular complexity index is 524. The summed E-state index contributed by atoms with van der Waals surface area (Å²) in [5.41, 5.74) is 4.00. The molecule has 3 aromatic carbocycles. The Morgan fingerprint density at radius 3 is 0.900 bits per heavy atom. The third-order valence-electron chi connectivity index (χ3n) is 3.40. The van der Waals surface area contributed by atoms with Gasteiger partial charge in [-0.1, -0.05) is 91.0 Å². The van der Waals surface area contributed by atoms with Gasteiger partial charge in [0.15, 0.2) is 0 Å². The number of rotatable bonds is 3. The van der Waals surface area contributed by atoms with Crippen molar-refractivity contribution in [3.63, 3.8) is 0 Å². The van der Waals surface area contributed by atoms with Crippen LogP contribution in [0.25, 0.3) is 0 Å². The summed E-state index contributed by atoms with van der Waals surface area (Å²) in [5.74, 6) is 0.309. The molecule has 0 fully saturated rings. The second kappa shape index (κ2) is 7.06. The zero-order chi connectivity index (χ0) is 12.9. The SMILES string of the molecule is Br.c1ccc(C(c2ccccc2)c2ccccc2)cc1. The van der Waals surface area contributed by atoms with Gasteiger partial charge in [0.2, 0.25) is 0 Å². The van der Waals surface area contributed by atoms with Crippen molar-refractivity contribution in [3.05, 3.63) is 108 Å². The normalized spacial score (nSPS) is 10.1. The predicted octanol–water partition coefficient (Wildman–Crippen LogP) is 5.44. The van der Waals surface area contributed by atoms with Gasteiger partial charge in [-0.3, -0.25) is 0 Å². The fourth-order valence-corrected chi connectivity index (χ4v) is 2.51. The molecule has 3 rings (SSSR count).